The Morgan fingerprint density at radius 2 is 2.04 bits per heavy atom. The molecule has 1 aromatic carbocycles. The monoisotopic (exact) mass is 414 g/mol. The van der Waals surface area contributed by atoms with Crippen molar-refractivity contribution in [3.8, 4) is 0 Å². The van der Waals surface area contributed by atoms with Gasteiger partial charge in [-0.3, -0.25) is 4.68 Å². The minimum absolute atomic E-state index is 0.442. The summed E-state index contributed by atoms with van der Waals surface area (Å²) in [6, 6.07) is 6.06. The van der Waals surface area contributed by atoms with Crippen molar-refractivity contribution < 1.29 is 23.1 Å². The fraction of sp³-hybridized carbons (Fsp3) is 0.250. The number of carboxylic acids is 1. The molecular weight excluding hydrogens is 401 g/mol. The number of fused-ring (bicyclic) bond motifs is 1. The van der Waals surface area contributed by atoms with Gasteiger partial charge in [0.25, 0.3) is 0 Å². The van der Waals surface area contributed by atoms with E-state index in [9.17, 15) is 13.2 Å². The van der Waals surface area contributed by atoms with Crippen molar-refractivity contribution in [2.75, 3.05) is 18.4 Å². The van der Waals surface area contributed by atoms with Crippen LogP contribution in [-0.4, -0.2) is 50.1 Å². The minimum atomic E-state index is -5.08. The molecule has 0 saturated carbocycles. The zero-order valence-electron chi connectivity index (χ0n) is 14.1. The van der Waals surface area contributed by atoms with E-state index < -0.39 is 12.1 Å². The molecule has 148 valence electrons. The van der Waals surface area contributed by atoms with E-state index >= 15 is 0 Å². The topological polar surface area (TPSA) is 105 Å². The first-order valence-corrected chi connectivity index (χ1v) is 8.35. The van der Waals surface area contributed by atoms with Crippen LogP contribution < -0.4 is 10.6 Å². The van der Waals surface area contributed by atoms with Crippen LogP contribution in [0.3, 0.4) is 0 Å². The number of alkyl halides is 3. The lowest BCUT2D eigenvalue weighted by Gasteiger charge is -2.27. The number of carbonyl (C=O) groups is 1. The number of nitrogens with zero attached hydrogens (tertiary/aromatic N) is 4. The highest BCUT2D eigenvalue weighted by Gasteiger charge is 2.38. The third kappa shape index (κ3) is 4.67. The minimum Gasteiger partial charge on any atom is -0.475 e. The summed E-state index contributed by atoms with van der Waals surface area (Å²) in [5, 5.41) is 19.4. The third-order valence-corrected chi connectivity index (χ3v) is 4.14. The molecule has 0 spiro atoms. The van der Waals surface area contributed by atoms with E-state index in [1.807, 2.05) is 29.1 Å². The average molecular weight is 415 g/mol. The molecule has 8 nitrogen and oxygen atoms in total. The number of rotatable bonds is 3. The molecule has 0 atom stereocenters. The Hall–Kier alpha value is -2.92. The Bertz CT molecular complexity index is 990. The summed E-state index contributed by atoms with van der Waals surface area (Å²) >= 11 is 6.11. The maximum Gasteiger partial charge on any atom is 0.490 e. The van der Waals surface area contributed by atoms with Gasteiger partial charge < -0.3 is 15.7 Å². The lowest BCUT2D eigenvalue weighted by atomic mass is 10.2. The molecule has 0 aliphatic carbocycles. The lowest BCUT2D eigenvalue weighted by molar-refractivity contribution is -0.192. The Morgan fingerprint density at radius 3 is 2.64 bits per heavy atom. The van der Waals surface area contributed by atoms with Crippen LogP contribution in [0.15, 0.2) is 36.8 Å². The molecule has 2 aromatic heterocycles. The average Bonchev–Trinajstić information content (AvgIpc) is 3.01. The van der Waals surface area contributed by atoms with Crippen LogP contribution >= 0.6 is 11.6 Å². The van der Waals surface area contributed by atoms with Gasteiger partial charge >= 0.3 is 12.1 Å². The zero-order chi connectivity index (χ0) is 20.3. The van der Waals surface area contributed by atoms with Crippen LogP contribution in [0.25, 0.3) is 10.9 Å². The van der Waals surface area contributed by atoms with Gasteiger partial charge in [-0.2, -0.15) is 18.3 Å². The van der Waals surface area contributed by atoms with Crippen LogP contribution in [0.2, 0.25) is 5.02 Å². The van der Waals surface area contributed by atoms with Gasteiger partial charge in [0, 0.05) is 30.9 Å². The number of halogens is 4. The normalized spacial score (nSPS) is 14.1. The largest absolute Gasteiger partial charge is 0.490 e. The van der Waals surface area contributed by atoms with Gasteiger partial charge in [-0.05, 0) is 12.1 Å². The van der Waals surface area contributed by atoms with Gasteiger partial charge in [0.1, 0.15) is 0 Å². The molecule has 1 fully saturated rings. The summed E-state index contributed by atoms with van der Waals surface area (Å²) in [4.78, 5) is 17.7. The SMILES string of the molecule is Clc1cccc2nc(Nc3cnn(C4CNC4)c3)ncc12.O=C(O)C(F)(F)F. The van der Waals surface area contributed by atoms with Crippen molar-refractivity contribution in [3.63, 3.8) is 0 Å². The Kier molecular flexibility index (Phi) is 5.66. The van der Waals surface area contributed by atoms with Crippen molar-refractivity contribution in [3.05, 3.63) is 41.8 Å². The van der Waals surface area contributed by atoms with Crippen LogP contribution in [0.5, 0.6) is 0 Å². The number of anilines is 2. The highest BCUT2D eigenvalue weighted by atomic mass is 35.5. The molecule has 0 radical (unpaired) electrons. The molecule has 3 N–H and O–H groups in total. The van der Waals surface area contributed by atoms with Gasteiger partial charge in [-0.25, -0.2) is 14.8 Å². The summed E-state index contributed by atoms with van der Waals surface area (Å²) in [7, 11) is 0. The van der Waals surface area contributed by atoms with E-state index in [4.69, 9.17) is 21.5 Å². The molecule has 28 heavy (non-hydrogen) atoms. The zero-order valence-corrected chi connectivity index (χ0v) is 14.9. The first kappa shape index (κ1) is 19.8. The molecule has 4 rings (SSSR count). The summed E-state index contributed by atoms with van der Waals surface area (Å²) in [5.41, 5.74) is 1.69. The summed E-state index contributed by atoms with van der Waals surface area (Å²) in [6.45, 7) is 1.93. The first-order chi connectivity index (χ1) is 13.2. The van der Waals surface area contributed by atoms with Gasteiger partial charge in [-0.1, -0.05) is 17.7 Å². The smallest absolute Gasteiger partial charge is 0.475 e. The van der Waals surface area contributed by atoms with Crippen LogP contribution in [0.4, 0.5) is 24.8 Å². The van der Waals surface area contributed by atoms with Crippen LogP contribution in [-0.2, 0) is 4.79 Å². The predicted molar refractivity (Wildman–Crippen MR) is 95.7 cm³/mol. The fourth-order valence-electron chi connectivity index (χ4n) is 2.27. The maximum atomic E-state index is 10.6. The molecule has 1 aliphatic heterocycles. The van der Waals surface area contributed by atoms with Crippen LogP contribution in [0.1, 0.15) is 6.04 Å². The van der Waals surface area contributed by atoms with Crippen LogP contribution in [0, 0.1) is 0 Å². The van der Waals surface area contributed by atoms with E-state index in [-0.39, 0.29) is 0 Å². The molecule has 1 aliphatic rings. The van der Waals surface area contributed by atoms with E-state index in [1.54, 1.807) is 12.4 Å². The predicted octanol–water partition coefficient (Wildman–Crippen LogP) is 3.00. The molecular formula is C16H14ClF3N6O2. The second kappa shape index (κ2) is 7.98. The molecule has 3 aromatic rings. The Morgan fingerprint density at radius 1 is 1.32 bits per heavy atom. The van der Waals surface area contributed by atoms with Crippen molar-refractivity contribution in [1.82, 2.24) is 25.1 Å². The van der Waals surface area contributed by atoms with E-state index in [0.29, 0.717) is 17.0 Å². The summed E-state index contributed by atoms with van der Waals surface area (Å²) < 4.78 is 33.7. The molecule has 12 heteroatoms. The number of hydrogen-bond donors (Lipinski definition) is 3. The molecule has 1 saturated heterocycles. The van der Waals surface area contributed by atoms with Gasteiger partial charge in [-0.15, -0.1) is 0 Å². The number of aromatic nitrogens is 4. The second-order valence-corrected chi connectivity index (χ2v) is 6.22. The third-order valence-electron chi connectivity index (χ3n) is 3.81. The van der Waals surface area contributed by atoms with Gasteiger partial charge in [0.05, 0.1) is 28.5 Å². The number of aliphatic carboxylic acids is 1. The van der Waals surface area contributed by atoms with E-state index in [0.717, 1.165) is 29.7 Å². The number of nitrogens with one attached hydrogen (secondary N) is 2. The second-order valence-electron chi connectivity index (χ2n) is 5.82. The van der Waals surface area contributed by atoms with Gasteiger partial charge in [0.15, 0.2) is 0 Å². The van der Waals surface area contributed by atoms with Gasteiger partial charge in [0.2, 0.25) is 5.95 Å². The molecule has 0 amide bonds. The maximum absolute atomic E-state index is 10.6. The van der Waals surface area contributed by atoms with E-state index in [2.05, 4.69) is 25.7 Å². The fourth-order valence-corrected chi connectivity index (χ4v) is 2.49. The molecule has 3 heterocycles. The first-order valence-electron chi connectivity index (χ1n) is 7.97. The van der Waals surface area contributed by atoms with E-state index in [1.165, 1.54) is 0 Å². The number of benzene rings is 1. The highest BCUT2D eigenvalue weighted by molar-refractivity contribution is 6.35. The van der Waals surface area contributed by atoms with Crippen molar-refractivity contribution >= 4 is 40.1 Å². The highest BCUT2D eigenvalue weighted by Crippen LogP contribution is 2.23. The number of carboxylic acid groups (broad SMARTS) is 1. The number of hydrogen-bond acceptors (Lipinski definition) is 6. The van der Waals surface area contributed by atoms with Crippen molar-refractivity contribution in [2.45, 2.75) is 12.2 Å². The standard InChI is InChI=1S/C14H13ClN6.C2HF3O2/c15-12-2-1-3-13-11(12)7-17-14(20-13)19-9-4-18-21(8-9)10-5-16-6-10;3-2(4,5)1(6)7/h1-4,7-8,10,16H,5-6H2,(H,17,19,20);(H,6,7). The van der Waals surface area contributed by atoms with Crippen molar-refractivity contribution in [1.29, 1.82) is 0 Å². The molecule has 0 unspecified atom stereocenters. The Labute approximate surface area is 161 Å². The van der Waals surface area contributed by atoms with Crippen molar-refractivity contribution in [2.24, 2.45) is 0 Å². The quantitative estimate of drug-likeness (QED) is 0.605. The summed E-state index contributed by atoms with van der Waals surface area (Å²) in [6.07, 6.45) is 0.397. The Balaban J connectivity index is 0.000000279. The molecule has 0 bridgehead atoms. The lowest BCUT2D eigenvalue weighted by Crippen LogP contribution is -2.43. The summed E-state index contributed by atoms with van der Waals surface area (Å²) in [5.74, 6) is -2.22.